The van der Waals surface area contributed by atoms with Gasteiger partial charge >= 0.3 is 0 Å². The second kappa shape index (κ2) is 12.9. The molecule has 3 nitrogen and oxygen atoms in total. The van der Waals surface area contributed by atoms with E-state index >= 15 is 0 Å². The van der Waals surface area contributed by atoms with Crippen LogP contribution in [-0.4, -0.2) is 30.7 Å². The second-order valence-electron chi connectivity index (χ2n) is 11.4. The molecule has 0 saturated heterocycles. The molecule has 0 spiro atoms. The zero-order valence-corrected chi connectivity index (χ0v) is 26.6. The van der Waals surface area contributed by atoms with Gasteiger partial charge in [0.1, 0.15) is 0 Å². The molecule has 0 aliphatic carbocycles. The van der Waals surface area contributed by atoms with E-state index in [2.05, 4.69) is 154 Å². The van der Waals surface area contributed by atoms with Crippen molar-refractivity contribution < 1.29 is 0 Å². The minimum atomic E-state index is 0.109. The lowest BCUT2D eigenvalue weighted by molar-refractivity contribution is 0.788. The molecular formula is C39H47N3. The SMILES string of the molecule is CCN(CC)c1ccc(C)c(C(c2cc(N(CC)CC)ccc2C)c2c(C)n(Cc3ccccc3)c3ccccc23)c1. The first-order chi connectivity index (χ1) is 20.4. The van der Waals surface area contributed by atoms with Gasteiger partial charge in [0.25, 0.3) is 0 Å². The zero-order chi connectivity index (χ0) is 29.8. The summed E-state index contributed by atoms with van der Waals surface area (Å²) in [6.07, 6.45) is 0. The number of hydrogen-bond donors (Lipinski definition) is 0. The lowest BCUT2D eigenvalue weighted by Gasteiger charge is -2.29. The van der Waals surface area contributed by atoms with Crippen LogP contribution in [0.4, 0.5) is 11.4 Å². The summed E-state index contributed by atoms with van der Waals surface area (Å²) >= 11 is 0. The molecule has 0 N–H and O–H groups in total. The van der Waals surface area contributed by atoms with Crippen molar-refractivity contribution in [3.05, 3.63) is 130 Å². The van der Waals surface area contributed by atoms with Gasteiger partial charge in [0.15, 0.2) is 0 Å². The van der Waals surface area contributed by atoms with E-state index in [9.17, 15) is 0 Å². The molecule has 1 aromatic heterocycles. The largest absolute Gasteiger partial charge is 0.372 e. The minimum Gasteiger partial charge on any atom is -0.372 e. The van der Waals surface area contributed by atoms with Crippen molar-refractivity contribution >= 4 is 22.3 Å². The molecule has 0 aliphatic rings. The van der Waals surface area contributed by atoms with Crippen LogP contribution < -0.4 is 9.80 Å². The van der Waals surface area contributed by atoms with Crippen LogP contribution in [0.2, 0.25) is 0 Å². The Hall–Kier alpha value is -3.98. The number of aromatic nitrogens is 1. The van der Waals surface area contributed by atoms with Gasteiger partial charge in [-0.2, -0.15) is 0 Å². The number of rotatable bonds is 11. The van der Waals surface area contributed by atoms with Crippen molar-refractivity contribution in [3.8, 4) is 0 Å². The van der Waals surface area contributed by atoms with Gasteiger partial charge in [-0.1, -0.05) is 60.7 Å². The molecule has 1 heterocycles. The number of fused-ring (bicyclic) bond motifs is 1. The summed E-state index contributed by atoms with van der Waals surface area (Å²) in [6.45, 7) is 20.7. The van der Waals surface area contributed by atoms with Gasteiger partial charge in [-0.15, -0.1) is 0 Å². The first kappa shape index (κ1) is 29.5. The van der Waals surface area contributed by atoms with Crippen molar-refractivity contribution in [2.45, 2.75) is 60.9 Å². The number of nitrogens with zero attached hydrogens (tertiary/aromatic N) is 3. The van der Waals surface area contributed by atoms with Crippen LogP contribution in [0.15, 0.2) is 91.0 Å². The van der Waals surface area contributed by atoms with Crippen LogP contribution in [0.3, 0.4) is 0 Å². The highest BCUT2D eigenvalue weighted by Gasteiger charge is 2.28. The third kappa shape index (κ3) is 5.57. The summed E-state index contributed by atoms with van der Waals surface area (Å²) < 4.78 is 2.53. The van der Waals surface area contributed by atoms with E-state index in [1.807, 2.05) is 0 Å². The maximum atomic E-state index is 2.53. The average molecular weight is 558 g/mol. The lowest BCUT2D eigenvalue weighted by atomic mass is 9.79. The Morgan fingerprint density at radius 2 is 1.10 bits per heavy atom. The fourth-order valence-corrected chi connectivity index (χ4v) is 6.72. The van der Waals surface area contributed by atoms with E-state index < -0.39 is 0 Å². The van der Waals surface area contributed by atoms with Gasteiger partial charge < -0.3 is 14.4 Å². The molecule has 0 aliphatic heterocycles. The molecule has 5 aromatic rings. The van der Waals surface area contributed by atoms with Gasteiger partial charge in [0, 0.05) is 66.6 Å². The summed E-state index contributed by atoms with van der Waals surface area (Å²) in [4.78, 5) is 4.93. The molecule has 5 rings (SSSR count). The Balaban J connectivity index is 1.82. The monoisotopic (exact) mass is 557 g/mol. The summed E-state index contributed by atoms with van der Waals surface area (Å²) in [7, 11) is 0. The van der Waals surface area contributed by atoms with Crippen molar-refractivity contribution in [3.63, 3.8) is 0 Å². The van der Waals surface area contributed by atoms with E-state index in [0.717, 1.165) is 32.7 Å². The van der Waals surface area contributed by atoms with Crippen LogP contribution in [0.25, 0.3) is 10.9 Å². The Morgan fingerprint density at radius 1 is 0.595 bits per heavy atom. The molecule has 0 atom stereocenters. The fourth-order valence-electron chi connectivity index (χ4n) is 6.72. The Labute approximate surface area is 253 Å². The average Bonchev–Trinajstić information content (AvgIpc) is 3.28. The molecule has 0 unspecified atom stereocenters. The number of anilines is 2. The van der Waals surface area contributed by atoms with Crippen molar-refractivity contribution in [2.24, 2.45) is 0 Å². The predicted molar refractivity (Wildman–Crippen MR) is 183 cm³/mol. The van der Waals surface area contributed by atoms with E-state index in [-0.39, 0.29) is 5.92 Å². The molecule has 0 amide bonds. The molecule has 0 bridgehead atoms. The van der Waals surface area contributed by atoms with E-state index in [4.69, 9.17) is 0 Å². The van der Waals surface area contributed by atoms with Gasteiger partial charge in [-0.25, -0.2) is 0 Å². The van der Waals surface area contributed by atoms with Gasteiger partial charge in [0.2, 0.25) is 0 Å². The summed E-state index contributed by atoms with van der Waals surface area (Å²) in [6, 6.07) is 34.1. The van der Waals surface area contributed by atoms with Crippen LogP contribution in [0.5, 0.6) is 0 Å². The Kier molecular flexibility index (Phi) is 9.06. The van der Waals surface area contributed by atoms with Gasteiger partial charge in [-0.3, -0.25) is 0 Å². The van der Waals surface area contributed by atoms with Gasteiger partial charge in [0.05, 0.1) is 0 Å². The van der Waals surface area contributed by atoms with E-state index in [0.29, 0.717) is 0 Å². The first-order valence-corrected chi connectivity index (χ1v) is 15.7. The Morgan fingerprint density at radius 3 is 1.62 bits per heavy atom. The highest BCUT2D eigenvalue weighted by Crippen LogP contribution is 2.44. The molecule has 0 saturated carbocycles. The fraction of sp³-hybridized carbons (Fsp3) is 0.333. The summed E-state index contributed by atoms with van der Waals surface area (Å²) in [5.41, 5.74) is 13.4. The summed E-state index contributed by atoms with van der Waals surface area (Å²) in [5.74, 6) is 0.109. The highest BCUT2D eigenvalue weighted by atomic mass is 15.1. The van der Waals surface area contributed by atoms with E-state index in [1.165, 1.54) is 61.4 Å². The van der Waals surface area contributed by atoms with Crippen LogP contribution in [-0.2, 0) is 6.54 Å². The molecular weight excluding hydrogens is 510 g/mol. The van der Waals surface area contributed by atoms with Gasteiger partial charge in [-0.05, 0) is 112 Å². The molecule has 4 aromatic carbocycles. The molecule has 3 heteroatoms. The normalized spacial score (nSPS) is 11.4. The third-order valence-corrected chi connectivity index (χ3v) is 9.16. The smallest absolute Gasteiger partial charge is 0.0488 e. The molecule has 218 valence electrons. The molecule has 0 fully saturated rings. The van der Waals surface area contributed by atoms with Crippen LogP contribution in [0, 0.1) is 20.8 Å². The quantitative estimate of drug-likeness (QED) is 0.160. The predicted octanol–water partition coefficient (Wildman–Crippen LogP) is 9.49. The third-order valence-electron chi connectivity index (χ3n) is 9.16. The van der Waals surface area contributed by atoms with Crippen molar-refractivity contribution in [2.75, 3.05) is 36.0 Å². The number of benzene rings is 4. The Bertz CT molecular complexity index is 1580. The van der Waals surface area contributed by atoms with Crippen molar-refractivity contribution in [1.29, 1.82) is 0 Å². The summed E-state index contributed by atoms with van der Waals surface area (Å²) in [5, 5.41) is 1.34. The topological polar surface area (TPSA) is 11.4 Å². The highest BCUT2D eigenvalue weighted by molar-refractivity contribution is 5.88. The van der Waals surface area contributed by atoms with Crippen LogP contribution in [0.1, 0.15) is 72.7 Å². The first-order valence-electron chi connectivity index (χ1n) is 15.7. The molecule has 0 radical (unpaired) electrons. The zero-order valence-electron chi connectivity index (χ0n) is 26.6. The van der Waals surface area contributed by atoms with Crippen molar-refractivity contribution in [1.82, 2.24) is 4.57 Å². The number of para-hydroxylation sites is 1. The maximum Gasteiger partial charge on any atom is 0.0488 e. The minimum absolute atomic E-state index is 0.109. The van der Waals surface area contributed by atoms with E-state index in [1.54, 1.807) is 0 Å². The standard InChI is InChI=1S/C39H47N3/c1-8-40(9-2)32-23-21-28(5)35(25-32)39(36-26-33(24-22-29(36)6)41(10-3)11-4)38-30(7)42(27-31-17-13-12-14-18-31)37-20-16-15-19-34(37)38/h12-26,39H,8-11,27H2,1-7H3. The number of hydrogen-bond acceptors (Lipinski definition) is 2. The van der Waals surface area contributed by atoms with Crippen LogP contribution >= 0.6 is 0 Å². The maximum absolute atomic E-state index is 2.53. The number of aryl methyl sites for hydroxylation is 2. The lowest BCUT2D eigenvalue weighted by Crippen LogP contribution is -2.23. The second-order valence-corrected chi connectivity index (χ2v) is 11.4. The molecule has 42 heavy (non-hydrogen) atoms.